The van der Waals surface area contributed by atoms with Crippen molar-refractivity contribution < 1.29 is 14.3 Å². The van der Waals surface area contributed by atoms with Crippen LogP contribution in [0.25, 0.3) is 0 Å². The van der Waals surface area contributed by atoms with Crippen LogP contribution in [0.15, 0.2) is 48.5 Å². The number of rotatable bonds is 6. The van der Waals surface area contributed by atoms with Gasteiger partial charge in [-0.2, -0.15) is 0 Å². The van der Waals surface area contributed by atoms with Crippen LogP contribution in [0.4, 0.5) is 5.69 Å². The number of carbonyl (C=O) groups excluding carboxylic acids is 2. The molecule has 2 aromatic rings. The number of benzene rings is 2. The minimum Gasteiger partial charge on any atom is -0.493 e. The number of ether oxygens (including phenoxy) is 1. The van der Waals surface area contributed by atoms with Crippen molar-refractivity contribution >= 4 is 34.8 Å². The minimum absolute atomic E-state index is 0.141. The summed E-state index contributed by atoms with van der Waals surface area (Å²) in [5.41, 5.74) is 1.54. The van der Waals surface area contributed by atoms with E-state index < -0.39 is 0 Å². The Morgan fingerprint density at radius 1 is 1.04 bits per heavy atom. The summed E-state index contributed by atoms with van der Waals surface area (Å²) in [7, 11) is 1.56. The lowest BCUT2D eigenvalue weighted by molar-refractivity contribution is 0.0959. The molecule has 0 saturated heterocycles. The van der Waals surface area contributed by atoms with Crippen LogP contribution in [0.5, 0.6) is 5.75 Å². The van der Waals surface area contributed by atoms with Crippen LogP contribution in [0.2, 0.25) is 0 Å². The molecule has 0 heterocycles. The molecule has 0 spiro atoms. The van der Waals surface area contributed by atoms with Crippen molar-refractivity contribution in [1.82, 2.24) is 10.6 Å². The van der Waals surface area contributed by atoms with Gasteiger partial charge in [-0.05, 0) is 54.5 Å². The van der Waals surface area contributed by atoms with Gasteiger partial charge in [0, 0.05) is 23.9 Å². The molecule has 0 aliphatic rings. The van der Waals surface area contributed by atoms with E-state index in [-0.39, 0.29) is 16.9 Å². The molecule has 2 rings (SSSR count). The standard InChI is InChI=1S/C20H23N3O3S/c1-13(2)12-26-17-9-5-7-15(11-17)19(25)23-20(27)22-16-8-4-6-14(10-16)18(24)21-3/h4-11,13H,12H2,1-3H3,(H,21,24)(H2,22,23,25,27). The quantitative estimate of drug-likeness (QED) is 0.666. The monoisotopic (exact) mass is 385 g/mol. The van der Waals surface area contributed by atoms with E-state index in [9.17, 15) is 9.59 Å². The maximum absolute atomic E-state index is 12.4. The summed E-state index contributed by atoms with van der Waals surface area (Å²) in [5.74, 6) is 0.482. The summed E-state index contributed by atoms with van der Waals surface area (Å²) < 4.78 is 5.64. The van der Waals surface area contributed by atoms with Crippen molar-refractivity contribution in [3.05, 3.63) is 59.7 Å². The summed E-state index contributed by atoms with van der Waals surface area (Å²) in [6.07, 6.45) is 0. The van der Waals surface area contributed by atoms with E-state index in [1.54, 1.807) is 55.6 Å². The molecule has 27 heavy (non-hydrogen) atoms. The zero-order valence-electron chi connectivity index (χ0n) is 15.5. The van der Waals surface area contributed by atoms with Crippen molar-refractivity contribution in [2.45, 2.75) is 13.8 Å². The molecule has 0 fully saturated rings. The summed E-state index contributed by atoms with van der Waals surface area (Å²) in [6.45, 7) is 4.69. The predicted octanol–water partition coefficient (Wildman–Crippen LogP) is 3.21. The Kier molecular flexibility index (Phi) is 7.31. The molecule has 0 aliphatic carbocycles. The second kappa shape index (κ2) is 9.68. The van der Waals surface area contributed by atoms with Crippen molar-refractivity contribution in [3.63, 3.8) is 0 Å². The van der Waals surface area contributed by atoms with Gasteiger partial charge in [-0.25, -0.2) is 0 Å². The molecule has 6 nitrogen and oxygen atoms in total. The normalized spacial score (nSPS) is 10.2. The number of thiocarbonyl (C=S) groups is 1. The number of carbonyl (C=O) groups is 2. The number of anilines is 1. The zero-order valence-corrected chi connectivity index (χ0v) is 16.4. The number of hydrogen-bond acceptors (Lipinski definition) is 4. The molecule has 0 radical (unpaired) electrons. The van der Waals surface area contributed by atoms with Crippen LogP contribution in [0, 0.1) is 5.92 Å². The highest BCUT2D eigenvalue weighted by atomic mass is 32.1. The molecule has 2 amide bonds. The fourth-order valence-electron chi connectivity index (χ4n) is 2.21. The zero-order chi connectivity index (χ0) is 19.8. The van der Waals surface area contributed by atoms with Crippen LogP contribution < -0.4 is 20.7 Å². The average Bonchev–Trinajstić information content (AvgIpc) is 2.66. The van der Waals surface area contributed by atoms with E-state index in [4.69, 9.17) is 17.0 Å². The molecular weight excluding hydrogens is 362 g/mol. The van der Waals surface area contributed by atoms with Crippen LogP contribution in [0.1, 0.15) is 34.6 Å². The van der Waals surface area contributed by atoms with Crippen LogP contribution in [-0.4, -0.2) is 30.6 Å². The van der Waals surface area contributed by atoms with E-state index in [1.165, 1.54) is 0 Å². The molecule has 0 saturated carbocycles. The van der Waals surface area contributed by atoms with Crippen molar-refractivity contribution in [2.75, 3.05) is 19.0 Å². The molecule has 3 N–H and O–H groups in total. The minimum atomic E-state index is -0.343. The van der Waals surface area contributed by atoms with Gasteiger partial charge >= 0.3 is 0 Å². The van der Waals surface area contributed by atoms with Gasteiger partial charge in [-0.1, -0.05) is 26.0 Å². The Hall–Kier alpha value is -2.93. The van der Waals surface area contributed by atoms with Crippen molar-refractivity contribution in [2.24, 2.45) is 5.92 Å². The summed E-state index contributed by atoms with van der Waals surface area (Å²) in [4.78, 5) is 24.1. The van der Waals surface area contributed by atoms with E-state index >= 15 is 0 Å². The van der Waals surface area contributed by atoms with E-state index in [0.717, 1.165) is 0 Å². The van der Waals surface area contributed by atoms with E-state index in [1.807, 2.05) is 0 Å². The first-order valence-corrected chi connectivity index (χ1v) is 8.97. The van der Waals surface area contributed by atoms with E-state index in [0.29, 0.717) is 35.1 Å². The first-order valence-electron chi connectivity index (χ1n) is 8.56. The fourth-order valence-corrected chi connectivity index (χ4v) is 2.42. The number of hydrogen-bond donors (Lipinski definition) is 3. The van der Waals surface area contributed by atoms with E-state index in [2.05, 4.69) is 29.8 Å². The highest BCUT2D eigenvalue weighted by Crippen LogP contribution is 2.15. The van der Waals surface area contributed by atoms with Crippen LogP contribution in [0.3, 0.4) is 0 Å². The molecule has 0 atom stereocenters. The third-order valence-corrected chi connectivity index (χ3v) is 3.72. The first-order chi connectivity index (χ1) is 12.9. The van der Waals surface area contributed by atoms with Gasteiger partial charge in [0.15, 0.2) is 5.11 Å². The fraction of sp³-hybridized carbons (Fsp3) is 0.250. The van der Waals surface area contributed by atoms with Crippen molar-refractivity contribution in [1.29, 1.82) is 0 Å². The van der Waals surface area contributed by atoms with Gasteiger partial charge in [0.05, 0.1) is 6.61 Å². The van der Waals surface area contributed by atoms with Gasteiger partial charge in [-0.15, -0.1) is 0 Å². The summed E-state index contributed by atoms with van der Waals surface area (Å²) in [5, 5.41) is 8.23. The summed E-state index contributed by atoms with van der Waals surface area (Å²) >= 11 is 5.19. The Balaban J connectivity index is 1.98. The number of nitrogens with one attached hydrogen (secondary N) is 3. The topological polar surface area (TPSA) is 79.5 Å². The molecule has 0 unspecified atom stereocenters. The third-order valence-electron chi connectivity index (χ3n) is 3.52. The maximum Gasteiger partial charge on any atom is 0.257 e. The highest BCUT2D eigenvalue weighted by Gasteiger charge is 2.10. The average molecular weight is 385 g/mol. The maximum atomic E-state index is 12.4. The van der Waals surface area contributed by atoms with Crippen molar-refractivity contribution in [3.8, 4) is 5.75 Å². The van der Waals surface area contributed by atoms with Gasteiger partial charge in [0.25, 0.3) is 11.8 Å². The summed E-state index contributed by atoms with van der Waals surface area (Å²) in [6, 6.07) is 13.7. The van der Waals surface area contributed by atoms with Gasteiger partial charge in [-0.3, -0.25) is 14.9 Å². The molecule has 0 bridgehead atoms. The van der Waals surface area contributed by atoms with Crippen LogP contribution >= 0.6 is 12.2 Å². The van der Waals surface area contributed by atoms with Gasteiger partial charge in [0.2, 0.25) is 0 Å². The Morgan fingerprint density at radius 3 is 2.37 bits per heavy atom. The number of amides is 2. The Morgan fingerprint density at radius 2 is 1.70 bits per heavy atom. The third kappa shape index (κ3) is 6.38. The Bertz CT molecular complexity index is 837. The second-order valence-corrected chi connectivity index (χ2v) is 6.71. The molecule has 142 valence electrons. The van der Waals surface area contributed by atoms with Crippen LogP contribution in [-0.2, 0) is 0 Å². The molecule has 0 aromatic heterocycles. The predicted molar refractivity (Wildman–Crippen MR) is 110 cm³/mol. The van der Waals surface area contributed by atoms with Gasteiger partial charge in [0.1, 0.15) is 5.75 Å². The largest absolute Gasteiger partial charge is 0.493 e. The molecule has 2 aromatic carbocycles. The molecule has 0 aliphatic heterocycles. The second-order valence-electron chi connectivity index (χ2n) is 6.30. The first kappa shape index (κ1) is 20.4. The lowest BCUT2D eigenvalue weighted by atomic mass is 10.2. The van der Waals surface area contributed by atoms with Gasteiger partial charge < -0.3 is 15.4 Å². The highest BCUT2D eigenvalue weighted by molar-refractivity contribution is 7.80. The molecular formula is C20H23N3O3S. The lowest BCUT2D eigenvalue weighted by Gasteiger charge is -2.12. The smallest absolute Gasteiger partial charge is 0.257 e. The lowest BCUT2D eigenvalue weighted by Crippen LogP contribution is -2.34. The Labute approximate surface area is 164 Å². The SMILES string of the molecule is CNC(=O)c1cccc(NC(=S)NC(=O)c2cccc(OCC(C)C)c2)c1. The molecule has 7 heteroatoms.